The summed E-state index contributed by atoms with van der Waals surface area (Å²) in [4.78, 5) is 0. The molecule has 0 bridgehead atoms. The van der Waals surface area contributed by atoms with Gasteiger partial charge in [-0.2, -0.15) is 0 Å². The lowest BCUT2D eigenvalue weighted by Crippen LogP contribution is -2.57. The molecule has 1 heterocycles. The molecule has 1 nitrogen and oxygen atoms in total. The molecular weight excluding hydrogens is 326 g/mol. The largest absolute Gasteiger partial charge is 0.374 e. The van der Waals surface area contributed by atoms with Gasteiger partial charge in [0, 0.05) is 11.1 Å². The van der Waals surface area contributed by atoms with Crippen LogP contribution in [0.2, 0.25) is 0 Å². The lowest BCUT2D eigenvalue weighted by molar-refractivity contribution is 0.0564. The van der Waals surface area contributed by atoms with Crippen LogP contribution >= 0.6 is 0 Å². The molecule has 3 atom stereocenters. The molecule has 27 heavy (non-hydrogen) atoms. The van der Waals surface area contributed by atoms with Crippen LogP contribution in [-0.4, -0.2) is 0 Å². The van der Waals surface area contributed by atoms with Gasteiger partial charge in [-0.1, -0.05) is 82.5 Å². The molecule has 2 fully saturated rings. The number of nitrogens with one attached hydrogen (secondary N) is 1. The monoisotopic (exact) mass is 359 g/mol. The Balaban J connectivity index is 1.77. The predicted molar refractivity (Wildman–Crippen MR) is 114 cm³/mol. The van der Waals surface area contributed by atoms with Gasteiger partial charge >= 0.3 is 0 Å². The maximum absolute atomic E-state index is 4.13. The first kappa shape index (κ1) is 17.3. The van der Waals surface area contributed by atoms with Gasteiger partial charge in [0.1, 0.15) is 0 Å². The van der Waals surface area contributed by atoms with E-state index in [1.54, 1.807) is 5.56 Å². The number of benzene rings is 2. The van der Waals surface area contributed by atoms with Crippen LogP contribution in [-0.2, 0) is 16.4 Å². The van der Waals surface area contributed by atoms with Gasteiger partial charge in [0.25, 0.3) is 0 Å². The first-order valence-electron chi connectivity index (χ1n) is 11.0. The molecule has 0 amide bonds. The first-order valence-corrected chi connectivity index (χ1v) is 11.0. The summed E-state index contributed by atoms with van der Waals surface area (Å²) in [7, 11) is 0. The summed E-state index contributed by atoms with van der Waals surface area (Å²) < 4.78 is 0. The van der Waals surface area contributed by atoms with Crippen LogP contribution in [0.4, 0.5) is 5.69 Å². The van der Waals surface area contributed by atoms with E-state index in [9.17, 15) is 0 Å². The van der Waals surface area contributed by atoms with E-state index in [-0.39, 0.29) is 16.4 Å². The van der Waals surface area contributed by atoms with Crippen molar-refractivity contribution in [1.29, 1.82) is 0 Å². The van der Waals surface area contributed by atoms with Gasteiger partial charge in [0.05, 0.1) is 5.54 Å². The highest BCUT2D eigenvalue weighted by Gasteiger charge is 2.63. The van der Waals surface area contributed by atoms with Crippen molar-refractivity contribution in [1.82, 2.24) is 0 Å². The number of rotatable bonds is 1. The van der Waals surface area contributed by atoms with Crippen LogP contribution in [0.1, 0.15) is 82.4 Å². The van der Waals surface area contributed by atoms with E-state index >= 15 is 0 Å². The van der Waals surface area contributed by atoms with E-state index in [0.717, 1.165) is 5.92 Å². The minimum absolute atomic E-state index is 0.0798. The summed E-state index contributed by atoms with van der Waals surface area (Å²) in [6.07, 6.45) is 9.50. The molecule has 0 saturated heterocycles. The summed E-state index contributed by atoms with van der Waals surface area (Å²) in [6.45, 7) is 7.04. The average molecular weight is 360 g/mol. The third kappa shape index (κ3) is 2.30. The molecule has 0 unspecified atom stereocenters. The van der Waals surface area contributed by atoms with Gasteiger partial charge < -0.3 is 5.32 Å². The zero-order valence-electron chi connectivity index (χ0n) is 17.1. The molecular formula is C26H33N. The molecule has 1 N–H and O–H groups in total. The number of hydrogen-bond donors (Lipinski definition) is 1. The van der Waals surface area contributed by atoms with Gasteiger partial charge in [0.15, 0.2) is 0 Å². The number of anilines is 1. The first-order chi connectivity index (χ1) is 13.0. The van der Waals surface area contributed by atoms with Crippen LogP contribution in [0.3, 0.4) is 0 Å². The highest BCUT2D eigenvalue weighted by atomic mass is 15.1. The average Bonchev–Trinajstić information content (AvgIpc) is 2.97. The zero-order valence-corrected chi connectivity index (χ0v) is 17.1. The molecule has 0 aromatic heterocycles. The van der Waals surface area contributed by atoms with Crippen molar-refractivity contribution < 1.29 is 0 Å². The lowest BCUT2D eigenvalue weighted by atomic mass is 9.48. The van der Waals surface area contributed by atoms with Crippen molar-refractivity contribution >= 4 is 5.69 Å². The van der Waals surface area contributed by atoms with Crippen LogP contribution in [0.5, 0.6) is 0 Å². The standard InChI is InChI=1S/C26H33N/c1-24(2,3)21-14-15-23-22(18-21)25-16-8-7-10-19(25)13-9-17-26(25,27-23)20-11-5-4-6-12-20/h4-6,11-12,14-15,18-19,27H,7-10,13,16-17H2,1-3H3/t19-,25-,26+/m0/s1. The van der Waals surface area contributed by atoms with E-state index in [4.69, 9.17) is 0 Å². The predicted octanol–water partition coefficient (Wildman–Crippen LogP) is 6.92. The third-order valence-electron chi connectivity index (χ3n) is 7.92. The van der Waals surface area contributed by atoms with Gasteiger partial charge in [-0.25, -0.2) is 0 Å². The molecule has 2 aromatic carbocycles. The fraction of sp³-hybridized carbons (Fsp3) is 0.538. The van der Waals surface area contributed by atoms with E-state index in [1.165, 1.54) is 61.8 Å². The third-order valence-corrected chi connectivity index (χ3v) is 7.92. The summed E-state index contributed by atoms with van der Waals surface area (Å²) in [5.41, 5.74) is 6.56. The highest BCUT2D eigenvalue weighted by molar-refractivity contribution is 5.68. The Hall–Kier alpha value is -1.76. The minimum Gasteiger partial charge on any atom is -0.374 e. The quantitative estimate of drug-likeness (QED) is 0.583. The van der Waals surface area contributed by atoms with Crippen molar-refractivity contribution in [2.75, 3.05) is 5.32 Å². The Bertz CT molecular complexity index is 844. The second-order valence-electron chi connectivity index (χ2n) is 10.2. The normalized spacial score (nSPS) is 32.2. The van der Waals surface area contributed by atoms with Crippen molar-refractivity contribution in [2.24, 2.45) is 5.92 Å². The Labute approximate surface area is 164 Å². The Morgan fingerprint density at radius 2 is 1.67 bits per heavy atom. The van der Waals surface area contributed by atoms with E-state index in [0.29, 0.717) is 0 Å². The van der Waals surface area contributed by atoms with Crippen LogP contribution < -0.4 is 5.32 Å². The zero-order chi connectivity index (χ0) is 18.7. The fourth-order valence-electron chi connectivity index (χ4n) is 6.71. The van der Waals surface area contributed by atoms with Crippen LogP contribution in [0.25, 0.3) is 0 Å². The van der Waals surface area contributed by atoms with E-state index in [2.05, 4.69) is 74.6 Å². The Morgan fingerprint density at radius 1 is 0.889 bits per heavy atom. The second-order valence-corrected chi connectivity index (χ2v) is 10.2. The summed E-state index contributed by atoms with van der Waals surface area (Å²) >= 11 is 0. The smallest absolute Gasteiger partial charge is 0.0725 e. The Kier molecular flexibility index (Phi) is 3.77. The molecule has 0 radical (unpaired) electrons. The van der Waals surface area contributed by atoms with Crippen LogP contribution in [0.15, 0.2) is 48.5 Å². The van der Waals surface area contributed by atoms with Gasteiger partial charge in [-0.15, -0.1) is 0 Å². The minimum atomic E-state index is 0.0798. The summed E-state index contributed by atoms with van der Waals surface area (Å²) in [6, 6.07) is 18.7. The molecule has 2 aliphatic carbocycles. The summed E-state index contributed by atoms with van der Waals surface area (Å²) in [5, 5.41) is 4.13. The van der Waals surface area contributed by atoms with Crippen molar-refractivity contribution in [2.45, 2.75) is 82.1 Å². The molecule has 2 aromatic rings. The van der Waals surface area contributed by atoms with E-state index in [1.807, 2.05) is 0 Å². The highest BCUT2D eigenvalue weighted by Crippen LogP contribution is 2.66. The maximum Gasteiger partial charge on any atom is 0.0725 e. The number of hydrogen-bond acceptors (Lipinski definition) is 1. The molecule has 1 heteroatoms. The number of fused-ring (bicyclic) bond motifs is 1. The SMILES string of the molecule is CC(C)(C)c1ccc2c(c1)[C@]13CCCC[C@H]1CCC[C@]3(c1ccccc1)N2. The molecule has 3 aliphatic rings. The van der Waals surface area contributed by atoms with Gasteiger partial charge in [-0.05, 0) is 59.8 Å². The molecule has 1 spiro atoms. The maximum atomic E-state index is 4.13. The Morgan fingerprint density at radius 3 is 2.44 bits per heavy atom. The van der Waals surface area contributed by atoms with Gasteiger partial charge in [-0.3, -0.25) is 0 Å². The van der Waals surface area contributed by atoms with Crippen molar-refractivity contribution in [3.05, 3.63) is 65.2 Å². The molecule has 2 saturated carbocycles. The van der Waals surface area contributed by atoms with E-state index < -0.39 is 0 Å². The van der Waals surface area contributed by atoms with Crippen LogP contribution in [0, 0.1) is 5.92 Å². The lowest BCUT2D eigenvalue weighted by Gasteiger charge is -2.57. The topological polar surface area (TPSA) is 12.0 Å². The fourth-order valence-corrected chi connectivity index (χ4v) is 6.71. The van der Waals surface area contributed by atoms with Crippen molar-refractivity contribution in [3.8, 4) is 0 Å². The van der Waals surface area contributed by atoms with Gasteiger partial charge in [0.2, 0.25) is 0 Å². The molecule has 5 rings (SSSR count). The molecule has 1 aliphatic heterocycles. The van der Waals surface area contributed by atoms with Crippen molar-refractivity contribution in [3.63, 3.8) is 0 Å². The second kappa shape index (κ2) is 5.87. The summed E-state index contributed by atoms with van der Waals surface area (Å²) in [5.74, 6) is 0.809. The molecule has 142 valence electrons.